The summed E-state index contributed by atoms with van der Waals surface area (Å²) in [5, 5.41) is 0.104. The summed E-state index contributed by atoms with van der Waals surface area (Å²) in [7, 11) is 1.65. The lowest BCUT2D eigenvalue weighted by Crippen LogP contribution is -2.36. The molecule has 14 heavy (non-hydrogen) atoms. The van der Waals surface area contributed by atoms with Crippen LogP contribution < -0.4 is 0 Å². The third-order valence-electron chi connectivity index (χ3n) is 3.04. The van der Waals surface area contributed by atoms with Crippen molar-refractivity contribution < 1.29 is 9.53 Å². The van der Waals surface area contributed by atoms with Crippen LogP contribution >= 0.6 is 12.6 Å². The number of nitrogens with zero attached hydrogens (tertiary/aromatic N) is 1. The molecule has 0 N–H and O–H groups in total. The summed E-state index contributed by atoms with van der Waals surface area (Å²) in [6, 6.07) is 0.191. The Morgan fingerprint density at radius 3 is 2.50 bits per heavy atom. The molecule has 4 heteroatoms. The third kappa shape index (κ3) is 1.77. The van der Waals surface area contributed by atoms with E-state index in [2.05, 4.69) is 12.6 Å². The van der Waals surface area contributed by atoms with E-state index in [1.807, 2.05) is 25.7 Å². The molecule has 0 bridgehead atoms. The van der Waals surface area contributed by atoms with Crippen molar-refractivity contribution in [1.82, 2.24) is 4.90 Å². The number of carbonyl (C=O) groups excluding carboxylic acids is 1. The molecule has 3 nitrogen and oxygen atoms in total. The Morgan fingerprint density at radius 1 is 1.57 bits per heavy atom. The Hall–Kier alpha value is -0.220. The van der Waals surface area contributed by atoms with Crippen LogP contribution in [0, 0.1) is 5.41 Å². The fourth-order valence-electron chi connectivity index (χ4n) is 1.95. The van der Waals surface area contributed by atoms with E-state index in [-0.39, 0.29) is 22.6 Å². The van der Waals surface area contributed by atoms with Gasteiger partial charge in [0.2, 0.25) is 5.91 Å². The Bertz CT molecular complexity index is 230. The van der Waals surface area contributed by atoms with Gasteiger partial charge < -0.3 is 9.64 Å². The van der Waals surface area contributed by atoms with Crippen molar-refractivity contribution in [2.75, 3.05) is 20.3 Å². The van der Waals surface area contributed by atoms with E-state index in [4.69, 9.17) is 4.74 Å². The minimum atomic E-state index is -0.351. The van der Waals surface area contributed by atoms with Crippen LogP contribution in [-0.4, -0.2) is 42.4 Å². The highest BCUT2D eigenvalue weighted by molar-refractivity contribution is 7.81. The highest BCUT2D eigenvalue weighted by Crippen LogP contribution is 2.38. The fraction of sp³-hybridized carbons (Fsp3) is 0.900. The second-order valence-electron chi connectivity index (χ2n) is 4.40. The predicted octanol–water partition coefficient (Wildman–Crippen LogP) is 1.19. The lowest BCUT2D eigenvalue weighted by molar-refractivity contribution is -0.135. The average molecular weight is 217 g/mol. The number of thiol groups is 1. The van der Waals surface area contributed by atoms with Crippen molar-refractivity contribution in [2.24, 2.45) is 5.41 Å². The van der Waals surface area contributed by atoms with Crippen molar-refractivity contribution in [3.05, 3.63) is 0 Å². The predicted molar refractivity (Wildman–Crippen MR) is 59.6 cm³/mol. The number of amides is 1. The van der Waals surface area contributed by atoms with Gasteiger partial charge in [-0.3, -0.25) is 4.79 Å². The van der Waals surface area contributed by atoms with Gasteiger partial charge in [0.25, 0.3) is 0 Å². The maximum atomic E-state index is 12.0. The second kappa shape index (κ2) is 4.11. The van der Waals surface area contributed by atoms with Crippen LogP contribution in [0.5, 0.6) is 0 Å². The van der Waals surface area contributed by atoms with Gasteiger partial charge in [-0.15, -0.1) is 0 Å². The van der Waals surface area contributed by atoms with E-state index in [9.17, 15) is 4.79 Å². The van der Waals surface area contributed by atoms with Crippen LogP contribution in [0.3, 0.4) is 0 Å². The Kier molecular flexibility index (Phi) is 3.48. The van der Waals surface area contributed by atoms with E-state index in [0.29, 0.717) is 13.2 Å². The fourth-order valence-corrected chi connectivity index (χ4v) is 2.22. The van der Waals surface area contributed by atoms with Crippen LogP contribution in [0.1, 0.15) is 20.8 Å². The molecule has 0 aromatic heterocycles. The topological polar surface area (TPSA) is 29.5 Å². The number of carbonyl (C=O) groups is 1. The molecule has 1 fully saturated rings. The van der Waals surface area contributed by atoms with E-state index < -0.39 is 0 Å². The zero-order valence-corrected chi connectivity index (χ0v) is 10.2. The number of hydrogen-bond acceptors (Lipinski definition) is 3. The molecule has 1 aliphatic rings. The van der Waals surface area contributed by atoms with Gasteiger partial charge in [-0.2, -0.15) is 12.6 Å². The maximum Gasteiger partial charge on any atom is 0.229 e. The van der Waals surface area contributed by atoms with Gasteiger partial charge in [0.1, 0.15) is 0 Å². The number of likely N-dealkylation sites (tertiary alicyclic amines) is 1. The SMILES string of the molecule is COCCN1C(=O)C(C)(C)C(S)C1C. The van der Waals surface area contributed by atoms with Crippen molar-refractivity contribution in [3.8, 4) is 0 Å². The normalized spacial score (nSPS) is 31.2. The molecule has 0 aromatic rings. The maximum absolute atomic E-state index is 12.0. The van der Waals surface area contributed by atoms with Gasteiger partial charge in [-0.1, -0.05) is 0 Å². The van der Waals surface area contributed by atoms with Gasteiger partial charge in [0, 0.05) is 24.9 Å². The Balaban J connectivity index is 2.74. The largest absolute Gasteiger partial charge is 0.383 e. The lowest BCUT2D eigenvalue weighted by atomic mass is 9.89. The van der Waals surface area contributed by atoms with Gasteiger partial charge in [-0.05, 0) is 20.8 Å². The van der Waals surface area contributed by atoms with Crippen LogP contribution in [-0.2, 0) is 9.53 Å². The number of hydrogen-bond donors (Lipinski definition) is 1. The summed E-state index contributed by atoms with van der Waals surface area (Å²) in [5.41, 5.74) is -0.351. The zero-order chi connectivity index (χ0) is 10.9. The summed E-state index contributed by atoms with van der Waals surface area (Å²) in [5.74, 6) is 0.182. The van der Waals surface area contributed by atoms with Crippen LogP contribution in [0.4, 0.5) is 0 Å². The van der Waals surface area contributed by atoms with Crippen molar-refractivity contribution >= 4 is 18.5 Å². The molecule has 1 amide bonds. The molecule has 2 unspecified atom stereocenters. The first kappa shape index (κ1) is 11.9. The van der Waals surface area contributed by atoms with Crippen molar-refractivity contribution in [3.63, 3.8) is 0 Å². The number of rotatable bonds is 3. The standard InChI is InChI=1S/C10H19NO2S/c1-7-8(14)10(2,3)9(12)11(7)5-6-13-4/h7-8,14H,5-6H2,1-4H3. The van der Waals surface area contributed by atoms with Gasteiger partial charge in [-0.25, -0.2) is 0 Å². The number of ether oxygens (including phenoxy) is 1. The smallest absolute Gasteiger partial charge is 0.229 e. The highest BCUT2D eigenvalue weighted by Gasteiger charge is 2.49. The van der Waals surface area contributed by atoms with E-state index in [0.717, 1.165) is 0 Å². The molecular formula is C10H19NO2S. The van der Waals surface area contributed by atoms with Crippen LogP contribution in [0.25, 0.3) is 0 Å². The van der Waals surface area contributed by atoms with Crippen molar-refractivity contribution in [2.45, 2.75) is 32.1 Å². The number of methoxy groups -OCH3 is 1. The molecule has 1 heterocycles. The van der Waals surface area contributed by atoms with Crippen LogP contribution in [0.2, 0.25) is 0 Å². The van der Waals surface area contributed by atoms with Crippen molar-refractivity contribution in [1.29, 1.82) is 0 Å². The molecule has 0 radical (unpaired) electrons. The van der Waals surface area contributed by atoms with E-state index in [1.54, 1.807) is 7.11 Å². The monoisotopic (exact) mass is 217 g/mol. The minimum absolute atomic E-state index is 0.104. The Labute approximate surface area is 91.2 Å². The van der Waals surface area contributed by atoms with Gasteiger partial charge in [0.15, 0.2) is 0 Å². The molecule has 82 valence electrons. The van der Waals surface area contributed by atoms with Gasteiger partial charge in [0.05, 0.1) is 12.0 Å². The van der Waals surface area contributed by atoms with E-state index >= 15 is 0 Å². The van der Waals surface area contributed by atoms with Crippen LogP contribution in [0.15, 0.2) is 0 Å². The molecule has 0 aromatic carbocycles. The zero-order valence-electron chi connectivity index (χ0n) is 9.28. The van der Waals surface area contributed by atoms with Gasteiger partial charge >= 0.3 is 0 Å². The summed E-state index contributed by atoms with van der Waals surface area (Å²) >= 11 is 4.51. The van der Waals surface area contributed by atoms with E-state index in [1.165, 1.54) is 0 Å². The molecule has 2 atom stereocenters. The molecule has 0 saturated carbocycles. The first-order chi connectivity index (χ1) is 6.42. The molecule has 0 aliphatic carbocycles. The molecule has 1 rings (SSSR count). The lowest BCUT2D eigenvalue weighted by Gasteiger charge is -2.22. The second-order valence-corrected chi connectivity index (χ2v) is 4.95. The Morgan fingerprint density at radius 2 is 2.14 bits per heavy atom. The first-order valence-electron chi connectivity index (χ1n) is 4.91. The average Bonchev–Trinajstić information content (AvgIpc) is 2.28. The summed E-state index contributed by atoms with van der Waals surface area (Å²) in [6.07, 6.45) is 0. The summed E-state index contributed by atoms with van der Waals surface area (Å²) < 4.78 is 4.98. The molecule has 1 aliphatic heterocycles. The third-order valence-corrected chi connectivity index (χ3v) is 4.11. The summed E-state index contributed by atoms with van der Waals surface area (Å²) in [6.45, 7) is 7.20. The summed E-state index contributed by atoms with van der Waals surface area (Å²) in [4.78, 5) is 13.8. The molecular weight excluding hydrogens is 198 g/mol. The first-order valence-corrected chi connectivity index (χ1v) is 5.42. The highest BCUT2D eigenvalue weighted by atomic mass is 32.1. The molecule has 1 saturated heterocycles. The molecule has 0 spiro atoms. The minimum Gasteiger partial charge on any atom is -0.383 e. The quantitative estimate of drug-likeness (QED) is 0.720.